The van der Waals surface area contributed by atoms with Crippen molar-refractivity contribution < 1.29 is 23.6 Å². The average molecular weight is 475 g/mol. The third-order valence-corrected chi connectivity index (χ3v) is 6.99. The Labute approximate surface area is 204 Å². The summed E-state index contributed by atoms with van der Waals surface area (Å²) in [5.41, 5.74) is 3.89. The number of esters is 1. The number of anilines is 1. The second-order valence-electron chi connectivity index (χ2n) is 9.47. The van der Waals surface area contributed by atoms with Gasteiger partial charge in [0.15, 0.2) is 5.76 Å². The molecule has 1 N–H and O–H groups in total. The number of rotatable bonds is 8. The number of nitrogens with zero attached hydrogens (tertiary/aromatic N) is 1. The second-order valence-corrected chi connectivity index (χ2v) is 9.47. The number of hydrogen-bond donors (Lipinski definition) is 1. The zero-order valence-corrected chi connectivity index (χ0v) is 20.3. The van der Waals surface area contributed by atoms with Crippen LogP contribution < -0.4 is 5.32 Å². The molecule has 3 aromatic rings. The van der Waals surface area contributed by atoms with Crippen molar-refractivity contribution in [1.82, 2.24) is 5.16 Å². The van der Waals surface area contributed by atoms with Gasteiger partial charge < -0.3 is 14.0 Å². The topological polar surface area (TPSA) is 90.7 Å². The third-order valence-electron chi connectivity index (χ3n) is 6.99. The number of hydrogen-bond acceptors (Lipinski definition) is 6. The van der Waals surface area contributed by atoms with E-state index in [0.717, 1.165) is 47.9 Å². The van der Waals surface area contributed by atoms with Crippen LogP contribution in [0.5, 0.6) is 0 Å². The molecule has 2 aliphatic carbocycles. The van der Waals surface area contributed by atoms with Crippen molar-refractivity contribution in [2.24, 2.45) is 5.92 Å². The van der Waals surface area contributed by atoms with E-state index in [9.17, 15) is 9.59 Å². The fraction of sp³-hybridized carbons (Fsp3) is 0.393. The molecule has 2 saturated carbocycles. The summed E-state index contributed by atoms with van der Waals surface area (Å²) in [6.07, 6.45) is 2.98. The summed E-state index contributed by atoms with van der Waals surface area (Å²) in [5.74, 6) is 0.657. The quantitative estimate of drug-likeness (QED) is 0.388. The van der Waals surface area contributed by atoms with Gasteiger partial charge in [0.25, 0.3) is 0 Å². The highest BCUT2D eigenvalue weighted by molar-refractivity contribution is 5.95. The molecule has 7 nitrogen and oxygen atoms in total. The average Bonchev–Trinajstić information content (AvgIpc) is 3.78. The first-order valence-corrected chi connectivity index (χ1v) is 12.2. The number of carbonyl (C=O) groups excluding carboxylic acids is 2. The van der Waals surface area contributed by atoms with Gasteiger partial charge in [-0.3, -0.25) is 10.1 Å². The van der Waals surface area contributed by atoms with E-state index in [2.05, 4.69) is 10.5 Å². The number of carbonyl (C=O) groups is 2. The molecule has 2 aliphatic rings. The summed E-state index contributed by atoms with van der Waals surface area (Å²) in [5, 5.41) is 7.00. The monoisotopic (exact) mass is 474 g/mol. The van der Waals surface area contributed by atoms with Crippen molar-refractivity contribution in [3.63, 3.8) is 0 Å². The number of nitrogens with one attached hydrogen (secondary N) is 1. The highest BCUT2D eigenvalue weighted by Gasteiger charge is 2.53. The molecule has 0 saturated heterocycles. The first kappa shape index (κ1) is 23.1. The first-order chi connectivity index (χ1) is 16.9. The largest absolute Gasteiger partial charge is 0.465 e. The van der Waals surface area contributed by atoms with Gasteiger partial charge in [0, 0.05) is 5.56 Å². The van der Waals surface area contributed by atoms with Crippen molar-refractivity contribution >= 4 is 17.7 Å². The Morgan fingerprint density at radius 1 is 1.14 bits per heavy atom. The lowest BCUT2D eigenvalue weighted by molar-refractivity contribution is -0.146. The van der Waals surface area contributed by atoms with Crippen LogP contribution in [0, 0.1) is 12.8 Å². The smallest absolute Gasteiger partial charge is 0.412 e. The van der Waals surface area contributed by atoms with Crippen molar-refractivity contribution in [2.75, 3.05) is 11.9 Å². The molecule has 0 radical (unpaired) electrons. The highest BCUT2D eigenvalue weighted by Crippen LogP contribution is 2.51. The molecule has 2 fully saturated rings. The lowest BCUT2D eigenvalue weighted by Crippen LogP contribution is -2.23. The van der Waals surface area contributed by atoms with Crippen LogP contribution >= 0.6 is 0 Å². The van der Waals surface area contributed by atoms with Crippen molar-refractivity contribution in [3.05, 3.63) is 59.8 Å². The summed E-state index contributed by atoms with van der Waals surface area (Å²) < 4.78 is 16.7. The van der Waals surface area contributed by atoms with Gasteiger partial charge in [-0.15, -0.1) is 0 Å². The van der Waals surface area contributed by atoms with E-state index in [1.165, 1.54) is 0 Å². The van der Waals surface area contributed by atoms with Gasteiger partial charge in [-0.25, -0.2) is 4.79 Å². The van der Waals surface area contributed by atoms with Crippen molar-refractivity contribution in [1.29, 1.82) is 0 Å². The summed E-state index contributed by atoms with van der Waals surface area (Å²) in [6, 6.07) is 15.9. The summed E-state index contributed by atoms with van der Waals surface area (Å²) in [7, 11) is 0. The van der Waals surface area contributed by atoms with Gasteiger partial charge in [0.2, 0.25) is 0 Å². The Kier molecular flexibility index (Phi) is 6.09. The number of ether oxygens (including phenoxy) is 2. The molecule has 7 heteroatoms. The Morgan fingerprint density at radius 2 is 1.89 bits per heavy atom. The van der Waals surface area contributed by atoms with Crippen LogP contribution in [0.15, 0.2) is 53.1 Å². The predicted octanol–water partition coefficient (Wildman–Crippen LogP) is 6.26. The lowest BCUT2D eigenvalue weighted by atomic mass is 9.89. The van der Waals surface area contributed by atoms with Gasteiger partial charge in [-0.2, -0.15) is 0 Å². The molecule has 35 heavy (non-hydrogen) atoms. The van der Waals surface area contributed by atoms with Crippen LogP contribution in [-0.2, 0) is 19.7 Å². The third kappa shape index (κ3) is 4.55. The molecule has 1 aromatic heterocycles. The van der Waals surface area contributed by atoms with Gasteiger partial charge >= 0.3 is 12.1 Å². The van der Waals surface area contributed by atoms with Gasteiger partial charge in [0.1, 0.15) is 17.5 Å². The molecule has 0 spiro atoms. The van der Waals surface area contributed by atoms with Crippen LogP contribution in [0.2, 0.25) is 0 Å². The lowest BCUT2D eigenvalue weighted by Gasteiger charge is -2.18. The Bertz CT molecular complexity index is 1240. The zero-order chi connectivity index (χ0) is 24.6. The minimum absolute atomic E-state index is 0.138. The fourth-order valence-corrected chi connectivity index (χ4v) is 4.57. The van der Waals surface area contributed by atoms with E-state index in [1.54, 1.807) is 6.92 Å². The summed E-state index contributed by atoms with van der Waals surface area (Å²) in [4.78, 5) is 25.5. The number of amides is 1. The standard InChI is InChI=1S/C28H30N2O5/c1-4-33-26(31)28(14-15-28)21-12-13-22(20-8-6-5-7-9-20)23(16-21)25-24(17(2)30-35-25)29-27(32)34-18(3)19-10-11-19/h5-9,12-13,16,18-19H,4,10-11,14-15H2,1-3H3,(H,29,32). The Hall–Kier alpha value is -3.61. The maximum absolute atomic E-state index is 12.8. The molecule has 0 aliphatic heterocycles. The molecule has 1 unspecified atom stereocenters. The van der Waals surface area contributed by atoms with Crippen LogP contribution in [0.1, 0.15) is 50.8 Å². The van der Waals surface area contributed by atoms with Gasteiger partial charge in [0.05, 0.1) is 12.0 Å². The molecule has 1 heterocycles. The second kappa shape index (κ2) is 9.21. The van der Waals surface area contributed by atoms with E-state index in [0.29, 0.717) is 29.7 Å². The Morgan fingerprint density at radius 3 is 2.54 bits per heavy atom. The van der Waals surface area contributed by atoms with Crippen LogP contribution in [-0.4, -0.2) is 29.9 Å². The number of aromatic nitrogens is 1. The van der Waals surface area contributed by atoms with Crippen molar-refractivity contribution in [3.8, 4) is 22.5 Å². The molecule has 5 rings (SSSR count). The predicted molar refractivity (Wildman–Crippen MR) is 132 cm³/mol. The maximum Gasteiger partial charge on any atom is 0.412 e. The molecule has 0 bridgehead atoms. The number of benzene rings is 2. The minimum atomic E-state index is -0.638. The maximum atomic E-state index is 12.8. The fourth-order valence-electron chi connectivity index (χ4n) is 4.57. The zero-order valence-electron chi connectivity index (χ0n) is 20.3. The number of aryl methyl sites for hydroxylation is 1. The molecule has 2 aromatic carbocycles. The molecular weight excluding hydrogens is 444 g/mol. The summed E-state index contributed by atoms with van der Waals surface area (Å²) >= 11 is 0. The van der Waals surface area contributed by atoms with Gasteiger partial charge in [-0.1, -0.05) is 47.6 Å². The molecule has 1 amide bonds. The summed E-state index contributed by atoms with van der Waals surface area (Å²) in [6.45, 7) is 5.85. The first-order valence-electron chi connectivity index (χ1n) is 12.2. The van der Waals surface area contributed by atoms with Crippen LogP contribution in [0.25, 0.3) is 22.5 Å². The van der Waals surface area contributed by atoms with Crippen molar-refractivity contribution in [2.45, 2.75) is 58.0 Å². The SMILES string of the molecule is CCOC(=O)C1(c2ccc(-c3ccccc3)c(-c3onc(C)c3NC(=O)OC(C)C3CC3)c2)CC1. The van der Waals surface area contributed by atoms with Crippen LogP contribution in [0.3, 0.4) is 0 Å². The Balaban J connectivity index is 1.55. The minimum Gasteiger partial charge on any atom is -0.465 e. The van der Waals surface area contributed by atoms with E-state index in [4.69, 9.17) is 14.0 Å². The van der Waals surface area contributed by atoms with E-state index in [1.807, 2.05) is 62.4 Å². The van der Waals surface area contributed by atoms with Crippen LogP contribution in [0.4, 0.5) is 10.5 Å². The highest BCUT2D eigenvalue weighted by atomic mass is 16.6. The van der Waals surface area contributed by atoms with E-state index < -0.39 is 11.5 Å². The van der Waals surface area contributed by atoms with E-state index in [-0.39, 0.29) is 12.1 Å². The molecular formula is C28H30N2O5. The normalized spacial score (nSPS) is 16.9. The molecule has 1 atom stereocenters. The van der Waals surface area contributed by atoms with E-state index >= 15 is 0 Å². The molecule has 182 valence electrons. The van der Waals surface area contributed by atoms with Gasteiger partial charge in [-0.05, 0) is 75.1 Å².